The molecule has 6 nitrogen and oxygen atoms in total. The zero-order chi connectivity index (χ0) is 53.0. The van der Waals surface area contributed by atoms with Gasteiger partial charge in [-0.25, -0.2) is 4.98 Å². The van der Waals surface area contributed by atoms with Crippen LogP contribution in [0.3, 0.4) is 0 Å². The Hall–Kier alpha value is -8.40. The van der Waals surface area contributed by atoms with Gasteiger partial charge in [0, 0.05) is 59.5 Å². The Morgan fingerprint density at radius 3 is 0.953 bits per heavy atom. The number of nitrogens with zero attached hydrogens (tertiary/aromatic N) is 6. The van der Waals surface area contributed by atoms with E-state index in [2.05, 4.69) is 6.07 Å². The van der Waals surface area contributed by atoms with Gasteiger partial charge in [0.15, 0.2) is 11.6 Å². The Morgan fingerprint density at radius 2 is 0.641 bits per heavy atom. The lowest BCUT2D eigenvalue weighted by molar-refractivity contribution is 0.952. The van der Waals surface area contributed by atoms with E-state index >= 15 is 0 Å². The second-order valence-electron chi connectivity index (χ2n) is 16.3. The molecule has 0 amide bonds. The van der Waals surface area contributed by atoms with Crippen LogP contribution in [0.1, 0.15) is 44.3 Å². The van der Waals surface area contributed by atoms with Gasteiger partial charge < -0.3 is 9.13 Å². The first kappa shape index (κ1) is 26.2. The molecule has 0 bridgehead atoms. The van der Waals surface area contributed by atoms with Crippen molar-refractivity contribution >= 4 is 87.2 Å². The van der Waals surface area contributed by atoms with Crippen LogP contribution < -0.4 is 0 Å². The summed E-state index contributed by atoms with van der Waals surface area (Å²) in [6.07, 6.45) is 0. The first-order valence-corrected chi connectivity index (χ1v) is 20.9. The van der Waals surface area contributed by atoms with E-state index in [1.54, 1.807) is 72.8 Å². The molecule has 13 aromatic rings. The second kappa shape index (κ2) is 13.3. The Kier molecular flexibility index (Phi) is 5.44. The van der Waals surface area contributed by atoms with Gasteiger partial charge in [-0.1, -0.05) is 119 Å². The molecular formula is C58H40N6. The third-order valence-corrected chi connectivity index (χ3v) is 12.8. The minimum atomic E-state index is -2.45. The van der Waals surface area contributed by atoms with Gasteiger partial charge in [-0.3, -0.25) is 9.13 Å². The molecule has 0 aliphatic rings. The summed E-state index contributed by atoms with van der Waals surface area (Å²) in [7, 11) is 0. The molecular weight excluding hydrogens is 781 g/mol. The van der Waals surface area contributed by atoms with Gasteiger partial charge in [0.2, 0.25) is 0 Å². The van der Waals surface area contributed by atoms with Gasteiger partial charge in [-0.05, 0) is 100 Å². The SMILES string of the molecule is [2H]C([2H])([2H])c1ccc2c(c1)c1ccccc1n2-c1nc(-n2c3ccccc3c3cc(C([2H])([2H])[2H])ccc32)c(-n2c3ccccc3c3cc(C([2H])([2H])[2H])ccc32)c(C#N)c1-n1c2ccccc2c2cc(C([2H])([2H])[2H])ccc21. The van der Waals surface area contributed by atoms with Crippen molar-refractivity contribution in [3.63, 3.8) is 0 Å². The van der Waals surface area contributed by atoms with Crippen molar-refractivity contribution in [2.24, 2.45) is 0 Å². The molecule has 5 heterocycles. The summed E-state index contributed by atoms with van der Waals surface area (Å²) in [6.45, 7) is -9.78. The highest BCUT2D eigenvalue weighted by Gasteiger charge is 2.32. The van der Waals surface area contributed by atoms with Crippen molar-refractivity contribution in [1.82, 2.24) is 23.3 Å². The number of benzene rings is 8. The Labute approximate surface area is 385 Å². The fourth-order valence-electron chi connectivity index (χ4n) is 10.2. The number of fused-ring (bicyclic) bond motifs is 12. The number of hydrogen-bond donors (Lipinski definition) is 0. The Balaban J connectivity index is 1.31. The molecule has 5 aromatic heterocycles. The summed E-state index contributed by atoms with van der Waals surface area (Å²) in [5.41, 5.74) is 6.04. The lowest BCUT2D eigenvalue weighted by atomic mass is 10.1. The molecule has 0 unspecified atom stereocenters. The minimum absolute atomic E-state index is 0.111. The van der Waals surface area contributed by atoms with Crippen LogP contribution in [0.15, 0.2) is 170 Å². The average molecular weight is 833 g/mol. The van der Waals surface area contributed by atoms with E-state index in [-0.39, 0.29) is 39.5 Å². The molecule has 0 aliphatic heterocycles. The third kappa shape index (κ3) is 4.92. The van der Waals surface area contributed by atoms with E-state index < -0.39 is 27.4 Å². The van der Waals surface area contributed by atoms with Gasteiger partial charge in [0.1, 0.15) is 23.0 Å². The van der Waals surface area contributed by atoms with E-state index in [9.17, 15) is 5.26 Å². The largest absolute Gasteiger partial charge is 0.305 e. The van der Waals surface area contributed by atoms with Gasteiger partial charge in [0.05, 0.1) is 44.1 Å². The molecule has 0 saturated carbocycles. The highest BCUT2D eigenvalue weighted by Crippen LogP contribution is 2.45. The molecule has 0 saturated heterocycles. The van der Waals surface area contributed by atoms with Crippen LogP contribution in [0.2, 0.25) is 0 Å². The van der Waals surface area contributed by atoms with E-state index in [0.29, 0.717) is 98.6 Å². The molecule has 64 heavy (non-hydrogen) atoms. The van der Waals surface area contributed by atoms with E-state index in [4.69, 9.17) is 21.4 Å². The van der Waals surface area contributed by atoms with Gasteiger partial charge in [-0.2, -0.15) is 5.26 Å². The number of pyridine rings is 1. The monoisotopic (exact) mass is 832 g/mol. The maximum Gasteiger partial charge on any atom is 0.166 e. The summed E-state index contributed by atoms with van der Waals surface area (Å²) < 4.78 is 109. The van der Waals surface area contributed by atoms with Gasteiger partial charge in [0.25, 0.3) is 0 Å². The number of nitriles is 1. The number of para-hydroxylation sites is 4. The van der Waals surface area contributed by atoms with Crippen molar-refractivity contribution in [3.05, 3.63) is 198 Å². The first-order chi connectivity index (χ1) is 36.2. The molecule has 0 spiro atoms. The van der Waals surface area contributed by atoms with Crippen LogP contribution in [-0.2, 0) is 0 Å². The van der Waals surface area contributed by atoms with E-state index in [0.717, 1.165) is 0 Å². The standard InChI is InChI=1S/C58H40N6/c1-34-21-25-51-42(29-34)38-13-5-9-17-47(38)61(51)55-46(33-59)56(62-48-18-10-6-14-39(48)43-30-35(2)22-26-52(43)62)58(64-50-20-12-8-16-41(50)45-32-37(4)24-28-54(45)64)60-57(55)63-49-19-11-7-15-40(49)44-31-36(3)23-27-53(44)63/h5-32H,1-4H3/i1D3,2D3,3D3,4D3. The molecule has 0 N–H and O–H groups in total. The molecule has 6 heteroatoms. The predicted molar refractivity (Wildman–Crippen MR) is 265 cm³/mol. The normalized spacial score (nSPS) is 15.6. The highest BCUT2D eigenvalue weighted by atomic mass is 15.2. The van der Waals surface area contributed by atoms with Crippen molar-refractivity contribution in [1.29, 1.82) is 5.26 Å². The van der Waals surface area contributed by atoms with Gasteiger partial charge in [-0.15, -0.1) is 0 Å². The van der Waals surface area contributed by atoms with E-state index in [1.807, 2.05) is 115 Å². The molecule has 8 aromatic carbocycles. The summed E-state index contributed by atoms with van der Waals surface area (Å²) in [4.78, 5) is 5.89. The minimum Gasteiger partial charge on any atom is -0.305 e. The maximum atomic E-state index is 12.4. The molecule has 0 aliphatic carbocycles. The lowest BCUT2D eigenvalue weighted by Gasteiger charge is -2.24. The van der Waals surface area contributed by atoms with Crippen molar-refractivity contribution < 1.29 is 16.4 Å². The van der Waals surface area contributed by atoms with Crippen LogP contribution in [0.4, 0.5) is 0 Å². The molecule has 0 atom stereocenters. The Morgan fingerprint density at radius 1 is 0.359 bits per heavy atom. The third-order valence-electron chi connectivity index (χ3n) is 12.8. The quantitative estimate of drug-likeness (QED) is 0.177. The van der Waals surface area contributed by atoms with Crippen LogP contribution in [0, 0.1) is 38.7 Å². The lowest BCUT2D eigenvalue weighted by Crippen LogP contribution is -2.16. The summed E-state index contributed by atoms with van der Waals surface area (Å²) in [5.74, 6) is 0.502. The summed E-state index contributed by atoms with van der Waals surface area (Å²) >= 11 is 0. The number of rotatable bonds is 4. The molecule has 0 radical (unpaired) electrons. The molecule has 302 valence electrons. The topological polar surface area (TPSA) is 56.4 Å². The van der Waals surface area contributed by atoms with Crippen molar-refractivity contribution in [2.75, 3.05) is 0 Å². The molecule has 13 rings (SSSR count). The van der Waals surface area contributed by atoms with E-state index in [1.165, 1.54) is 0 Å². The predicted octanol–water partition coefficient (Wildman–Crippen LogP) is 14.6. The highest BCUT2D eigenvalue weighted by molar-refractivity contribution is 6.14. The first-order valence-electron chi connectivity index (χ1n) is 26.9. The fourth-order valence-corrected chi connectivity index (χ4v) is 10.2. The fraction of sp³-hybridized carbons (Fsp3) is 0.0690. The molecule has 0 fully saturated rings. The van der Waals surface area contributed by atoms with Crippen molar-refractivity contribution in [3.8, 4) is 29.1 Å². The van der Waals surface area contributed by atoms with Crippen LogP contribution in [0.5, 0.6) is 0 Å². The maximum absolute atomic E-state index is 12.4. The average Bonchev–Trinajstić information content (AvgIpc) is 4.28. The zero-order valence-corrected chi connectivity index (χ0v) is 33.8. The van der Waals surface area contributed by atoms with Crippen LogP contribution in [0.25, 0.3) is 110 Å². The Bertz CT molecular complexity index is 4380. The van der Waals surface area contributed by atoms with Crippen LogP contribution >= 0.6 is 0 Å². The van der Waals surface area contributed by atoms with Gasteiger partial charge >= 0.3 is 0 Å². The number of aromatic nitrogens is 5. The smallest absolute Gasteiger partial charge is 0.166 e. The van der Waals surface area contributed by atoms with Crippen LogP contribution in [-0.4, -0.2) is 23.3 Å². The summed E-state index contributed by atoms with van der Waals surface area (Å²) in [5, 5.41) is 17.7. The second-order valence-corrected chi connectivity index (χ2v) is 16.3. The number of hydrogen-bond acceptors (Lipinski definition) is 2. The van der Waals surface area contributed by atoms with Crippen molar-refractivity contribution in [2.45, 2.75) is 27.4 Å². The number of aryl methyl sites for hydroxylation is 4. The summed E-state index contributed by atoms with van der Waals surface area (Å²) in [6, 6.07) is 52.9. The zero-order valence-electron chi connectivity index (χ0n) is 45.8.